The van der Waals surface area contributed by atoms with Crippen LogP contribution in [0.5, 0.6) is 0 Å². The minimum absolute atomic E-state index is 0.116. The summed E-state index contributed by atoms with van der Waals surface area (Å²) in [5.74, 6) is -0.133. The second kappa shape index (κ2) is 7.01. The van der Waals surface area contributed by atoms with Crippen LogP contribution in [0.1, 0.15) is 28.7 Å². The fourth-order valence-corrected chi connectivity index (χ4v) is 3.65. The zero-order chi connectivity index (χ0) is 20.7. The van der Waals surface area contributed by atoms with Crippen molar-refractivity contribution in [1.82, 2.24) is 19.8 Å². The van der Waals surface area contributed by atoms with Gasteiger partial charge in [-0.25, -0.2) is 4.98 Å². The highest BCUT2D eigenvalue weighted by Crippen LogP contribution is 2.33. The molecule has 2 amide bonds. The number of nitrogens with one attached hydrogen (secondary N) is 1. The second-order valence-corrected chi connectivity index (χ2v) is 7.07. The number of carbonyl (C=O) groups excluding carboxylic acids is 2. The minimum Gasteiger partial charge on any atom is -0.336 e. The highest BCUT2D eigenvalue weighted by Gasteiger charge is 2.37. The standard InChI is InChI=1S/C22H20N4O3/c1-13-15-8-4-5-9-16(15)22(29)26(13)14(2)21(28)25(3)12-19-23-18-11-7-6-10-17(18)20(27)24-19/h4-11,14H,1,12H2,2-3H3,(H,23,24,27). The van der Waals surface area contributed by atoms with Crippen LogP contribution in [0.15, 0.2) is 59.9 Å². The maximum Gasteiger partial charge on any atom is 0.259 e. The third kappa shape index (κ3) is 3.10. The predicted molar refractivity (Wildman–Crippen MR) is 110 cm³/mol. The maximum absolute atomic E-state index is 13.0. The molecule has 0 bridgehead atoms. The monoisotopic (exact) mass is 388 g/mol. The topological polar surface area (TPSA) is 86.4 Å². The Bertz CT molecular complexity index is 1180. The second-order valence-electron chi connectivity index (χ2n) is 7.07. The lowest BCUT2D eigenvalue weighted by Crippen LogP contribution is -2.45. The molecule has 1 N–H and O–H groups in total. The van der Waals surface area contributed by atoms with E-state index in [1.807, 2.05) is 12.1 Å². The zero-order valence-corrected chi connectivity index (χ0v) is 16.2. The van der Waals surface area contributed by atoms with Crippen LogP contribution in [0.3, 0.4) is 0 Å². The Hall–Kier alpha value is -3.74. The number of para-hydroxylation sites is 1. The SMILES string of the molecule is C=C1c2ccccc2C(=O)N1C(C)C(=O)N(C)Cc1nc2ccccc2c(=O)[nH]1. The molecule has 3 aromatic rings. The van der Waals surface area contributed by atoms with Crippen molar-refractivity contribution < 1.29 is 9.59 Å². The first-order valence-electron chi connectivity index (χ1n) is 9.23. The molecule has 2 heterocycles. The number of nitrogens with zero attached hydrogens (tertiary/aromatic N) is 3. The van der Waals surface area contributed by atoms with E-state index in [1.54, 1.807) is 50.4 Å². The van der Waals surface area contributed by atoms with E-state index in [9.17, 15) is 14.4 Å². The van der Waals surface area contributed by atoms with Gasteiger partial charge in [-0.1, -0.05) is 36.9 Å². The van der Waals surface area contributed by atoms with Crippen LogP contribution in [0.4, 0.5) is 0 Å². The van der Waals surface area contributed by atoms with Crippen LogP contribution >= 0.6 is 0 Å². The fraction of sp³-hybridized carbons (Fsp3) is 0.182. The van der Waals surface area contributed by atoms with Crippen LogP contribution in [0.25, 0.3) is 16.6 Å². The first-order valence-corrected chi connectivity index (χ1v) is 9.23. The number of aromatic nitrogens is 2. The molecular formula is C22H20N4O3. The van der Waals surface area contributed by atoms with Gasteiger partial charge in [0, 0.05) is 23.9 Å². The molecule has 7 nitrogen and oxygen atoms in total. The zero-order valence-electron chi connectivity index (χ0n) is 16.2. The summed E-state index contributed by atoms with van der Waals surface area (Å²) in [4.78, 5) is 48.0. The Balaban J connectivity index is 1.55. The summed E-state index contributed by atoms with van der Waals surface area (Å²) in [6.45, 7) is 5.78. The number of hydrogen-bond donors (Lipinski definition) is 1. The van der Waals surface area contributed by atoms with E-state index in [1.165, 1.54) is 9.80 Å². The van der Waals surface area contributed by atoms with Crippen molar-refractivity contribution in [1.29, 1.82) is 0 Å². The van der Waals surface area contributed by atoms with Gasteiger partial charge in [0.05, 0.1) is 17.4 Å². The third-order valence-electron chi connectivity index (χ3n) is 5.15. The molecule has 1 atom stereocenters. The molecule has 0 fully saturated rings. The molecule has 1 aromatic heterocycles. The number of amides is 2. The van der Waals surface area contributed by atoms with Crippen molar-refractivity contribution in [2.24, 2.45) is 0 Å². The number of H-pyrrole nitrogens is 1. The average Bonchev–Trinajstić information content (AvgIpc) is 2.97. The summed E-state index contributed by atoms with van der Waals surface area (Å²) in [5, 5.41) is 0.496. The smallest absolute Gasteiger partial charge is 0.259 e. The van der Waals surface area contributed by atoms with Gasteiger partial charge in [-0.3, -0.25) is 19.3 Å². The Kier molecular flexibility index (Phi) is 4.50. The summed E-state index contributed by atoms with van der Waals surface area (Å²) < 4.78 is 0. The van der Waals surface area contributed by atoms with E-state index in [-0.39, 0.29) is 23.9 Å². The van der Waals surface area contributed by atoms with Crippen LogP contribution in [-0.2, 0) is 11.3 Å². The lowest BCUT2D eigenvalue weighted by molar-refractivity contribution is -0.133. The molecule has 1 aliphatic rings. The maximum atomic E-state index is 13.0. The largest absolute Gasteiger partial charge is 0.336 e. The lowest BCUT2D eigenvalue weighted by atomic mass is 10.1. The van der Waals surface area contributed by atoms with E-state index in [4.69, 9.17) is 0 Å². The van der Waals surface area contributed by atoms with Crippen LogP contribution in [0.2, 0.25) is 0 Å². The fourth-order valence-electron chi connectivity index (χ4n) is 3.65. The predicted octanol–water partition coefficient (Wildman–Crippen LogP) is 2.40. The summed E-state index contributed by atoms with van der Waals surface area (Å²) >= 11 is 0. The summed E-state index contributed by atoms with van der Waals surface area (Å²) in [6, 6.07) is 13.5. The average molecular weight is 388 g/mol. The molecule has 0 radical (unpaired) electrons. The van der Waals surface area contributed by atoms with Gasteiger partial charge in [0.2, 0.25) is 5.91 Å². The van der Waals surface area contributed by atoms with E-state index < -0.39 is 6.04 Å². The number of benzene rings is 2. The van der Waals surface area contributed by atoms with Gasteiger partial charge in [-0.2, -0.15) is 0 Å². The summed E-state index contributed by atoms with van der Waals surface area (Å²) in [7, 11) is 1.62. The van der Waals surface area contributed by atoms with Crippen molar-refractivity contribution in [2.75, 3.05) is 7.05 Å². The molecule has 0 aliphatic carbocycles. The van der Waals surface area contributed by atoms with Crippen LogP contribution < -0.4 is 5.56 Å². The van der Waals surface area contributed by atoms with Crippen LogP contribution in [0, 0.1) is 0 Å². The highest BCUT2D eigenvalue weighted by atomic mass is 16.2. The van der Waals surface area contributed by atoms with Crippen molar-refractivity contribution in [3.63, 3.8) is 0 Å². The molecule has 0 spiro atoms. The van der Waals surface area contributed by atoms with Crippen molar-refractivity contribution >= 4 is 28.4 Å². The van der Waals surface area contributed by atoms with Crippen molar-refractivity contribution in [2.45, 2.75) is 19.5 Å². The summed E-state index contributed by atoms with van der Waals surface area (Å²) in [5.41, 5.74) is 2.11. The molecule has 0 saturated carbocycles. The number of carbonyl (C=O) groups is 2. The van der Waals surface area contributed by atoms with E-state index in [2.05, 4.69) is 16.5 Å². The quantitative estimate of drug-likeness (QED) is 0.744. The van der Waals surface area contributed by atoms with Crippen molar-refractivity contribution in [3.05, 3.63) is 82.4 Å². The Morgan fingerprint density at radius 2 is 1.79 bits per heavy atom. The number of likely N-dealkylation sites (N-methyl/N-ethyl adjacent to an activating group) is 1. The molecule has 2 aromatic carbocycles. The van der Waals surface area contributed by atoms with E-state index in [0.717, 1.165) is 5.56 Å². The molecular weight excluding hydrogens is 368 g/mol. The molecule has 0 saturated heterocycles. The van der Waals surface area contributed by atoms with Gasteiger partial charge in [0.15, 0.2) is 0 Å². The normalized spacial score (nSPS) is 14.2. The van der Waals surface area contributed by atoms with Crippen LogP contribution in [-0.4, -0.2) is 44.7 Å². The molecule has 29 heavy (non-hydrogen) atoms. The number of rotatable bonds is 4. The van der Waals surface area contributed by atoms with E-state index >= 15 is 0 Å². The Morgan fingerprint density at radius 3 is 2.52 bits per heavy atom. The first kappa shape index (κ1) is 18.6. The highest BCUT2D eigenvalue weighted by molar-refractivity contribution is 6.10. The number of aromatic amines is 1. The van der Waals surface area contributed by atoms with Gasteiger partial charge in [0.25, 0.3) is 11.5 Å². The van der Waals surface area contributed by atoms with Crippen molar-refractivity contribution in [3.8, 4) is 0 Å². The molecule has 4 rings (SSSR count). The third-order valence-corrected chi connectivity index (χ3v) is 5.15. The number of fused-ring (bicyclic) bond motifs is 2. The first-order chi connectivity index (χ1) is 13.9. The number of hydrogen-bond acceptors (Lipinski definition) is 4. The Morgan fingerprint density at radius 1 is 1.14 bits per heavy atom. The van der Waals surface area contributed by atoms with Gasteiger partial charge >= 0.3 is 0 Å². The minimum atomic E-state index is -0.737. The van der Waals surface area contributed by atoms with Gasteiger partial charge in [-0.05, 0) is 25.1 Å². The molecule has 1 aliphatic heterocycles. The molecule has 7 heteroatoms. The molecule has 146 valence electrons. The van der Waals surface area contributed by atoms with Gasteiger partial charge in [0.1, 0.15) is 11.9 Å². The summed E-state index contributed by atoms with van der Waals surface area (Å²) in [6.07, 6.45) is 0. The van der Waals surface area contributed by atoms with E-state index in [0.29, 0.717) is 28.0 Å². The van der Waals surface area contributed by atoms with Gasteiger partial charge in [-0.15, -0.1) is 0 Å². The van der Waals surface area contributed by atoms with Gasteiger partial charge < -0.3 is 9.88 Å². The molecule has 1 unspecified atom stereocenters. The lowest BCUT2D eigenvalue weighted by Gasteiger charge is -2.28. The Labute approximate surface area is 167 Å².